The van der Waals surface area contributed by atoms with E-state index in [2.05, 4.69) is 22.6 Å². The van der Waals surface area contributed by atoms with E-state index in [0.717, 1.165) is 9.13 Å². The molecule has 2 aromatic carbocycles. The molecule has 1 atom stereocenters. The zero-order chi connectivity index (χ0) is 14.0. The van der Waals surface area contributed by atoms with Gasteiger partial charge in [-0.05, 0) is 76.5 Å². The van der Waals surface area contributed by atoms with Crippen LogP contribution in [-0.2, 0) is 6.42 Å². The molecule has 2 N–H and O–H groups in total. The van der Waals surface area contributed by atoms with Crippen molar-refractivity contribution in [1.29, 1.82) is 0 Å². The minimum Gasteiger partial charge on any atom is -0.324 e. The quantitative estimate of drug-likeness (QED) is 0.711. The maximum Gasteiger partial charge on any atom is 0.123 e. The third kappa shape index (κ3) is 3.81. The first-order valence-corrected chi connectivity index (χ1v) is 7.45. The topological polar surface area (TPSA) is 26.0 Å². The Bertz CT molecular complexity index is 604. The maximum atomic E-state index is 13.2. The summed E-state index contributed by atoms with van der Waals surface area (Å²) in [5, 5.41) is 1.16. The standard InChI is InChI=1S/C14H11Cl2FIN/c15-9-1-4-13(18)11(7-9)14(19)6-8-5-10(17)2-3-12(8)16/h1-5,7,14H,6,19H2. The van der Waals surface area contributed by atoms with Gasteiger partial charge >= 0.3 is 0 Å². The van der Waals surface area contributed by atoms with E-state index in [0.29, 0.717) is 22.0 Å². The molecule has 100 valence electrons. The zero-order valence-corrected chi connectivity index (χ0v) is 13.5. The number of hydrogen-bond acceptors (Lipinski definition) is 1. The highest BCUT2D eigenvalue weighted by atomic mass is 127. The number of hydrogen-bond donors (Lipinski definition) is 1. The summed E-state index contributed by atoms with van der Waals surface area (Å²) >= 11 is 14.2. The number of benzene rings is 2. The lowest BCUT2D eigenvalue weighted by atomic mass is 9.99. The van der Waals surface area contributed by atoms with Gasteiger partial charge in [0.15, 0.2) is 0 Å². The summed E-state index contributed by atoms with van der Waals surface area (Å²) in [6.07, 6.45) is 0.465. The van der Waals surface area contributed by atoms with Crippen molar-refractivity contribution in [2.45, 2.75) is 12.5 Å². The van der Waals surface area contributed by atoms with Crippen molar-refractivity contribution in [2.24, 2.45) is 5.73 Å². The van der Waals surface area contributed by atoms with Crippen LogP contribution in [0.1, 0.15) is 17.2 Å². The lowest BCUT2D eigenvalue weighted by molar-refractivity contribution is 0.622. The third-order valence-corrected chi connectivity index (χ3v) is 4.39. The number of nitrogens with two attached hydrogens (primary N) is 1. The summed E-state index contributed by atoms with van der Waals surface area (Å²) in [6.45, 7) is 0. The molecule has 0 spiro atoms. The van der Waals surface area contributed by atoms with Gasteiger partial charge in [-0.1, -0.05) is 23.2 Å². The van der Waals surface area contributed by atoms with Crippen molar-refractivity contribution in [1.82, 2.24) is 0 Å². The van der Waals surface area contributed by atoms with Crippen LogP contribution in [0.5, 0.6) is 0 Å². The van der Waals surface area contributed by atoms with Crippen LogP contribution >= 0.6 is 45.8 Å². The Labute approximate surface area is 135 Å². The summed E-state index contributed by atoms with van der Waals surface area (Å²) in [5.41, 5.74) is 7.81. The molecule has 2 rings (SSSR count). The van der Waals surface area contributed by atoms with Crippen LogP contribution in [0.2, 0.25) is 10.0 Å². The Kier molecular flexibility index (Phi) is 5.06. The van der Waals surface area contributed by atoms with Crippen molar-refractivity contribution in [2.75, 3.05) is 0 Å². The molecule has 0 amide bonds. The Morgan fingerprint density at radius 3 is 2.63 bits per heavy atom. The second-order valence-corrected chi connectivity index (χ2v) is 6.22. The fourth-order valence-electron chi connectivity index (χ4n) is 1.85. The molecule has 1 unspecified atom stereocenters. The lowest BCUT2D eigenvalue weighted by Gasteiger charge is -2.15. The summed E-state index contributed by atoms with van der Waals surface area (Å²) in [7, 11) is 0. The van der Waals surface area contributed by atoms with Crippen LogP contribution in [-0.4, -0.2) is 0 Å². The van der Waals surface area contributed by atoms with Crippen LogP contribution in [0.4, 0.5) is 4.39 Å². The third-order valence-electron chi connectivity index (χ3n) is 2.81. The van der Waals surface area contributed by atoms with Crippen LogP contribution in [0.3, 0.4) is 0 Å². The number of halogens is 4. The van der Waals surface area contributed by atoms with E-state index in [9.17, 15) is 4.39 Å². The molecule has 19 heavy (non-hydrogen) atoms. The SMILES string of the molecule is NC(Cc1cc(F)ccc1Cl)c1cc(Cl)ccc1I. The zero-order valence-electron chi connectivity index (χ0n) is 9.84. The van der Waals surface area contributed by atoms with E-state index >= 15 is 0 Å². The highest BCUT2D eigenvalue weighted by Gasteiger charge is 2.13. The van der Waals surface area contributed by atoms with Gasteiger partial charge in [0, 0.05) is 19.7 Å². The Hall–Kier alpha value is -0.360. The monoisotopic (exact) mass is 409 g/mol. The lowest BCUT2D eigenvalue weighted by Crippen LogP contribution is -2.15. The maximum absolute atomic E-state index is 13.2. The molecular formula is C14H11Cl2FIN. The van der Waals surface area contributed by atoms with Crippen LogP contribution in [0, 0.1) is 9.39 Å². The van der Waals surface area contributed by atoms with Crippen molar-refractivity contribution in [3.8, 4) is 0 Å². The minimum absolute atomic E-state index is 0.273. The summed E-state index contributed by atoms with van der Waals surface area (Å²) in [5.74, 6) is -0.313. The molecule has 5 heteroatoms. The predicted molar refractivity (Wildman–Crippen MR) is 86.2 cm³/mol. The van der Waals surface area contributed by atoms with Gasteiger partial charge < -0.3 is 5.73 Å². The first-order valence-electron chi connectivity index (χ1n) is 5.62. The molecule has 0 aliphatic carbocycles. The molecule has 0 aliphatic heterocycles. The van der Waals surface area contributed by atoms with Crippen LogP contribution in [0.15, 0.2) is 36.4 Å². The second kappa shape index (κ2) is 6.39. The molecule has 0 saturated carbocycles. The molecule has 0 saturated heterocycles. The largest absolute Gasteiger partial charge is 0.324 e. The van der Waals surface area contributed by atoms with E-state index in [1.807, 2.05) is 18.2 Å². The molecule has 0 fully saturated rings. The average Bonchev–Trinajstić information content (AvgIpc) is 2.36. The summed E-state index contributed by atoms with van der Waals surface area (Å²) < 4.78 is 14.3. The second-order valence-electron chi connectivity index (χ2n) is 4.21. The van der Waals surface area contributed by atoms with Gasteiger partial charge in [-0.25, -0.2) is 4.39 Å². The van der Waals surface area contributed by atoms with Crippen molar-refractivity contribution < 1.29 is 4.39 Å². The van der Waals surface area contributed by atoms with Crippen molar-refractivity contribution >= 4 is 45.8 Å². The van der Waals surface area contributed by atoms with Crippen molar-refractivity contribution in [3.63, 3.8) is 0 Å². The van der Waals surface area contributed by atoms with Gasteiger partial charge in [-0.2, -0.15) is 0 Å². The smallest absolute Gasteiger partial charge is 0.123 e. The van der Waals surface area contributed by atoms with Crippen LogP contribution in [0.25, 0.3) is 0 Å². The first kappa shape index (κ1) is 15.0. The molecule has 2 aromatic rings. The van der Waals surface area contributed by atoms with Gasteiger partial charge in [0.1, 0.15) is 5.82 Å². The molecule has 0 aliphatic rings. The predicted octanol–water partition coefficient (Wildman–Crippen LogP) is 4.98. The normalized spacial score (nSPS) is 12.5. The van der Waals surface area contributed by atoms with E-state index in [4.69, 9.17) is 28.9 Å². The average molecular weight is 410 g/mol. The highest BCUT2D eigenvalue weighted by molar-refractivity contribution is 14.1. The van der Waals surface area contributed by atoms with Crippen molar-refractivity contribution in [3.05, 3.63) is 67.0 Å². The van der Waals surface area contributed by atoms with E-state index in [-0.39, 0.29) is 11.9 Å². The summed E-state index contributed by atoms with van der Waals surface area (Å²) in [6, 6.07) is 9.58. The van der Waals surface area contributed by atoms with Gasteiger partial charge in [0.2, 0.25) is 0 Å². The van der Waals surface area contributed by atoms with E-state index in [1.54, 1.807) is 6.07 Å². The number of rotatable bonds is 3. The summed E-state index contributed by atoms with van der Waals surface area (Å²) in [4.78, 5) is 0. The fourth-order valence-corrected chi connectivity index (χ4v) is 2.96. The van der Waals surface area contributed by atoms with E-state index in [1.165, 1.54) is 12.1 Å². The Balaban J connectivity index is 2.27. The molecular weight excluding hydrogens is 399 g/mol. The van der Waals surface area contributed by atoms with Crippen LogP contribution < -0.4 is 5.73 Å². The van der Waals surface area contributed by atoms with Gasteiger partial charge in [0.05, 0.1) is 0 Å². The molecule has 0 aromatic heterocycles. The van der Waals surface area contributed by atoms with Gasteiger partial charge in [-0.3, -0.25) is 0 Å². The minimum atomic E-state index is -0.313. The fraction of sp³-hybridized carbons (Fsp3) is 0.143. The van der Waals surface area contributed by atoms with E-state index < -0.39 is 0 Å². The molecule has 0 radical (unpaired) electrons. The Morgan fingerprint density at radius 1 is 1.16 bits per heavy atom. The molecule has 0 bridgehead atoms. The highest BCUT2D eigenvalue weighted by Crippen LogP contribution is 2.27. The van der Waals surface area contributed by atoms with Gasteiger partial charge in [-0.15, -0.1) is 0 Å². The Morgan fingerprint density at radius 2 is 1.89 bits per heavy atom. The van der Waals surface area contributed by atoms with Gasteiger partial charge in [0.25, 0.3) is 0 Å². The molecule has 1 nitrogen and oxygen atoms in total. The first-order chi connectivity index (χ1) is 8.97. The molecule has 0 heterocycles.